The first-order chi connectivity index (χ1) is 9.35. The SMILES string of the molecule is CCN(CC)C(=O)C=Cc1ccc(OS(=O)(=O)O)cc1. The molecule has 0 atom stereocenters. The molecule has 0 aliphatic heterocycles. The maximum Gasteiger partial charge on any atom is 0.446 e. The van der Waals surface area contributed by atoms with E-state index in [9.17, 15) is 13.2 Å². The fourth-order valence-electron chi connectivity index (χ4n) is 1.56. The molecule has 0 radical (unpaired) electrons. The van der Waals surface area contributed by atoms with E-state index >= 15 is 0 Å². The minimum atomic E-state index is -4.51. The third-order valence-electron chi connectivity index (χ3n) is 2.58. The smallest absolute Gasteiger partial charge is 0.362 e. The quantitative estimate of drug-likeness (QED) is 0.639. The number of hydrogen-bond donors (Lipinski definition) is 1. The van der Waals surface area contributed by atoms with Crippen molar-refractivity contribution < 1.29 is 21.9 Å². The fraction of sp³-hybridized carbons (Fsp3) is 0.308. The summed E-state index contributed by atoms with van der Waals surface area (Å²) in [6, 6.07) is 5.92. The first kappa shape index (κ1) is 16.2. The Morgan fingerprint density at radius 3 is 2.25 bits per heavy atom. The third kappa shape index (κ3) is 5.41. The first-order valence-electron chi connectivity index (χ1n) is 6.09. The Morgan fingerprint density at radius 2 is 1.80 bits per heavy atom. The van der Waals surface area contributed by atoms with Gasteiger partial charge in [0.1, 0.15) is 5.75 Å². The number of rotatable bonds is 6. The minimum absolute atomic E-state index is 0.000260. The van der Waals surface area contributed by atoms with Crippen LogP contribution in [-0.4, -0.2) is 36.9 Å². The van der Waals surface area contributed by atoms with E-state index in [0.29, 0.717) is 18.7 Å². The fourth-order valence-corrected chi connectivity index (χ4v) is 1.92. The number of carbonyl (C=O) groups is 1. The number of carbonyl (C=O) groups excluding carboxylic acids is 1. The predicted molar refractivity (Wildman–Crippen MR) is 75.6 cm³/mol. The Balaban J connectivity index is 2.72. The van der Waals surface area contributed by atoms with E-state index in [1.54, 1.807) is 23.1 Å². The van der Waals surface area contributed by atoms with Crippen molar-refractivity contribution in [2.24, 2.45) is 0 Å². The number of likely N-dealkylation sites (N-methyl/N-ethyl adjacent to an activating group) is 1. The second-order valence-electron chi connectivity index (χ2n) is 3.92. The van der Waals surface area contributed by atoms with E-state index in [4.69, 9.17) is 4.55 Å². The van der Waals surface area contributed by atoms with Crippen molar-refractivity contribution in [3.05, 3.63) is 35.9 Å². The Bertz CT molecular complexity index is 573. The number of benzene rings is 1. The van der Waals surface area contributed by atoms with Gasteiger partial charge in [-0.3, -0.25) is 9.35 Å². The van der Waals surface area contributed by atoms with Crippen LogP contribution >= 0.6 is 0 Å². The van der Waals surface area contributed by atoms with E-state index in [2.05, 4.69) is 4.18 Å². The Hall–Kier alpha value is -1.86. The van der Waals surface area contributed by atoms with Crippen LogP contribution in [0.25, 0.3) is 6.08 Å². The molecule has 20 heavy (non-hydrogen) atoms. The average molecular weight is 299 g/mol. The van der Waals surface area contributed by atoms with Crippen molar-refractivity contribution in [1.29, 1.82) is 0 Å². The molecule has 0 aliphatic rings. The number of hydrogen-bond acceptors (Lipinski definition) is 4. The van der Waals surface area contributed by atoms with E-state index in [1.807, 2.05) is 13.8 Å². The van der Waals surface area contributed by atoms with Crippen LogP contribution in [0.15, 0.2) is 30.3 Å². The molecule has 7 heteroatoms. The molecule has 1 aromatic rings. The second-order valence-corrected chi connectivity index (χ2v) is 4.95. The van der Waals surface area contributed by atoms with E-state index in [0.717, 1.165) is 0 Å². The van der Waals surface area contributed by atoms with Crippen LogP contribution in [-0.2, 0) is 15.2 Å². The van der Waals surface area contributed by atoms with Gasteiger partial charge in [-0.2, -0.15) is 8.42 Å². The standard InChI is InChI=1S/C13H17NO5S/c1-3-14(4-2)13(15)10-7-11-5-8-12(9-6-11)19-20(16,17)18/h5-10H,3-4H2,1-2H3,(H,16,17,18). The first-order valence-corrected chi connectivity index (χ1v) is 7.46. The number of nitrogens with zero attached hydrogens (tertiary/aromatic N) is 1. The molecule has 1 aromatic carbocycles. The summed E-state index contributed by atoms with van der Waals surface area (Å²) < 4.78 is 33.8. The monoisotopic (exact) mass is 299 g/mol. The Kier molecular flexibility index (Phi) is 5.72. The van der Waals surface area contributed by atoms with Crippen LogP contribution in [0.4, 0.5) is 0 Å². The minimum Gasteiger partial charge on any atom is -0.362 e. The summed E-state index contributed by atoms with van der Waals surface area (Å²) in [6.45, 7) is 5.08. The van der Waals surface area contributed by atoms with Crippen molar-refractivity contribution in [2.75, 3.05) is 13.1 Å². The van der Waals surface area contributed by atoms with E-state index < -0.39 is 10.4 Å². The van der Waals surface area contributed by atoms with Crippen LogP contribution in [0.5, 0.6) is 5.75 Å². The molecule has 0 saturated carbocycles. The lowest BCUT2D eigenvalue weighted by molar-refractivity contribution is -0.125. The topological polar surface area (TPSA) is 83.9 Å². The Morgan fingerprint density at radius 1 is 1.25 bits per heavy atom. The van der Waals surface area contributed by atoms with Gasteiger partial charge in [0.05, 0.1) is 0 Å². The van der Waals surface area contributed by atoms with Crippen molar-refractivity contribution in [3.63, 3.8) is 0 Å². The molecule has 110 valence electrons. The molecule has 0 fully saturated rings. The summed E-state index contributed by atoms with van der Waals surface area (Å²) in [4.78, 5) is 13.4. The normalized spacial score (nSPS) is 11.6. The molecular formula is C13H17NO5S. The molecule has 6 nitrogen and oxygen atoms in total. The highest BCUT2D eigenvalue weighted by atomic mass is 32.3. The van der Waals surface area contributed by atoms with Gasteiger partial charge in [-0.25, -0.2) is 0 Å². The molecule has 0 unspecified atom stereocenters. The maximum absolute atomic E-state index is 11.7. The zero-order valence-electron chi connectivity index (χ0n) is 11.3. The summed E-state index contributed by atoms with van der Waals surface area (Å²) >= 11 is 0. The van der Waals surface area contributed by atoms with Crippen LogP contribution in [0.3, 0.4) is 0 Å². The summed E-state index contributed by atoms with van der Waals surface area (Å²) in [5.74, 6) is -0.0898. The van der Waals surface area contributed by atoms with Crippen molar-refractivity contribution in [3.8, 4) is 5.75 Å². The van der Waals surface area contributed by atoms with Crippen molar-refractivity contribution in [1.82, 2.24) is 4.90 Å². The summed E-state index contributed by atoms with van der Waals surface area (Å²) in [7, 11) is -4.51. The molecule has 0 heterocycles. The number of amides is 1. The predicted octanol–water partition coefficient (Wildman–Crippen LogP) is 1.75. The van der Waals surface area contributed by atoms with E-state index in [1.165, 1.54) is 18.2 Å². The van der Waals surface area contributed by atoms with Gasteiger partial charge < -0.3 is 9.08 Å². The highest BCUT2D eigenvalue weighted by Crippen LogP contribution is 2.14. The van der Waals surface area contributed by atoms with Crippen molar-refractivity contribution >= 4 is 22.4 Å². The van der Waals surface area contributed by atoms with Gasteiger partial charge in [-0.1, -0.05) is 12.1 Å². The molecular weight excluding hydrogens is 282 g/mol. The van der Waals surface area contributed by atoms with Gasteiger partial charge in [0, 0.05) is 19.2 Å². The lowest BCUT2D eigenvalue weighted by atomic mass is 10.2. The van der Waals surface area contributed by atoms with Gasteiger partial charge in [-0.05, 0) is 37.6 Å². The van der Waals surface area contributed by atoms with Gasteiger partial charge in [0.2, 0.25) is 5.91 Å². The Labute approximate surface area is 118 Å². The molecule has 0 bridgehead atoms. The van der Waals surface area contributed by atoms with Gasteiger partial charge in [0.15, 0.2) is 0 Å². The van der Waals surface area contributed by atoms with Crippen LogP contribution in [0, 0.1) is 0 Å². The third-order valence-corrected chi connectivity index (χ3v) is 2.98. The van der Waals surface area contributed by atoms with Crippen LogP contribution < -0.4 is 4.18 Å². The maximum atomic E-state index is 11.7. The molecule has 1 rings (SSSR count). The summed E-state index contributed by atoms with van der Waals surface area (Å²) in [6.07, 6.45) is 3.07. The molecule has 0 aliphatic carbocycles. The average Bonchev–Trinajstić information content (AvgIpc) is 2.37. The molecule has 0 aromatic heterocycles. The van der Waals surface area contributed by atoms with Gasteiger partial charge >= 0.3 is 10.4 Å². The molecule has 1 N–H and O–H groups in total. The summed E-state index contributed by atoms with van der Waals surface area (Å²) in [5, 5.41) is 0. The second kappa shape index (κ2) is 7.06. The van der Waals surface area contributed by atoms with Gasteiger partial charge in [-0.15, -0.1) is 0 Å². The lowest BCUT2D eigenvalue weighted by Gasteiger charge is -2.15. The molecule has 1 amide bonds. The van der Waals surface area contributed by atoms with Gasteiger partial charge in [0.25, 0.3) is 0 Å². The van der Waals surface area contributed by atoms with Crippen LogP contribution in [0.2, 0.25) is 0 Å². The molecule has 0 spiro atoms. The highest BCUT2D eigenvalue weighted by molar-refractivity contribution is 7.81. The zero-order chi connectivity index (χ0) is 15.2. The lowest BCUT2D eigenvalue weighted by Crippen LogP contribution is -2.28. The molecule has 0 saturated heterocycles. The van der Waals surface area contributed by atoms with E-state index in [-0.39, 0.29) is 11.7 Å². The van der Waals surface area contributed by atoms with Crippen LogP contribution in [0.1, 0.15) is 19.4 Å². The summed E-state index contributed by atoms with van der Waals surface area (Å²) in [5.41, 5.74) is 0.716. The zero-order valence-corrected chi connectivity index (χ0v) is 12.1. The van der Waals surface area contributed by atoms with Crippen molar-refractivity contribution in [2.45, 2.75) is 13.8 Å². The largest absolute Gasteiger partial charge is 0.446 e. The highest BCUT2D eigenvalue weighted by Gasteiger charge is 2.06.